The Morgan fingerprint density at radius 1 is 1.56 bits per heavy atom. The van der Waals surface area contributed by atoms with Crippen LogP contribution in [0.5, 0.6) is 0 Å². The molecule has 1 amide bonds. The van der Waals surface area contributed by atoms with Gasteiger partial charge < -0.3 is 9.80 Å². The van der Waals surface area contributed by atoms with E-state index in [1.54, 1.807) is 11.3 Å². The average Bonchev–Trinajstić information content (AvgIpc) is 2.76. The first-order chi connectivity index (χ1) is 8.68. The molecule has 0 saturated carbocycles. The number of amides is 1. The Morgan fingerprint density at radius 2 is 2.39 bits per heavy atom. The Bertz CT molecular complexity index is 378. The standard InChI is InChI=1S/C13H20N2OS2/c1-14(2)8-12-10-17-6-3-5-15(12)13(16)11-4-7-18-9-11/h4,7,9,12H,3,5-6,8,10H2,1-2H3/t12-/m0/s1. The van der Waals surface area contributed by atoms with Crippen LogP contribution in [-0.2, 0) is 0 Å². The van der Waals surface area contributed by atoms with Crippen molar-refractivity contribution in [3.05, 3.63) is 22.4 Å². The maximum atomic E-state index is 12.5. The lowest BCUT2D eigenvalue weighted by atomic mass is 10.2. The molecule has 0 spiro atoms. The Morgan fingerprint density at radius 3 is 3.06 bits per heavy atom. The monoisotopic (exact) mass is 284 g/mol. The van der Waals surface area contributed by atoms with Crippen molar-refractivity contribution in [2.75, 3.05) is 38.7 Å². The van der Waals surface area contributed by atoms with Gasteiger partial charge in [-0.3, -0.25) is 4.79 Å². The average molecular weight is 284 g/mol. The van der Waals surface area contributed by atoms with Crippen LogP contribution in [0.2, 0.25) is 0 Å². The van der Waals surface area contributed by atoms with Crippen LogP contribution in [0.1, 0.15) is 16.8 Å². The first-order valence-electron chi connectivity index (χ1n) is 6.24. The fourth-order valence-electron chi connectivity index (χ4n) is 2.22. The van der Waals surface area contributed by atoms with Gasteiger partial charge in [-0.2, -0.15) is 23.1 Å². The quantitative estimate of drug-likeness (QED) is 0.850. The van der Waals surface area contributed by atoms with E-state index in [0.717, 1.165) is 36.6 Å². The van der Waals surface area contributed by atoms with Crippen molar-refractivity contribution < 1.29 is 4.79 Å². The van der Waals surface area contributed by atoms with Crippen LogP contribution in [0.25, 0.3) is 0 Å². The van der Waals surface area contributed by atoms with Crippen LogP contribution >= 0.6 is 23.1 Å². The SMILES string of the molecule is CN(C)C[C@H]1CSCCCN1C(=O)c1ccsc1. The molecular formula is C13H20N2OS2. The highest BCUT2D eigenvalue weighted by Crippen LogP contribution is 2.20. The minimum atomic E-state index is 0.200. The molecule has 2 rings (SSSR count). The summed E-state index contributed by atoms with van der Waals surface area (Å²) >= 11 is 3.56. The minimum Gasteiger partial charge on any atom is -0.333 e. The van der Waals surface area contributed by atoms with Crippen LogP contribution in [0.3, 0.4) is 0 Å². The summed E-state index contributed by atoms with van der Waals surface area (Å²) in [6.07, 6.45) is 1.10. The van der Waals surface area contributed by atoms with E-state index in [0.29, 0.717) is 6.04 Å². The molecule has 0 aliphatic carbocycles. The van der Waals surface area contributed by atoms with E-state index in [4.69, 9.17) is 0 Å². The molecule has 3 nitrogen and oxygen atoms in total. The smallest absolute Gasteiger partial charge is 0.255 e. The molecule has 1 saturated heterocycles. The number of hydrogen-bond acceptors (Lipinski definition) is 4. The summed E-state index contributed by atoms with van der Waals surface area (Å²) in [4.78, 5) is 16.8. The summed E-state index contributed by atoms with van der Waals surface area (Å²) in [6.45, 7) is 1.84. The largest absolute Gasteiger partial charge is 0.333 e. The van der Waals surface area contributed by atoms with Crippen LogP contribution in [0.4, 0.5) is 0 Å². The summed E-state index contributed by atoms with van der Waals surface area (Å²) in [6, 6.07) is 2.26. The third kappa shape index (κ3) is 3.49. The molecule has 1 aromatic rings. The first kappa shape index (κ1) is 13.9. The summed E-state index contributed by atoms with van der Waals surface area (Å²) in [5.41, 5.74) is 0.843. The molecule has 2 heterocycles. The maximum Gasteiger partial charge on any atom is 0.255 e. The fraction of sp³-hybridized carbons (Fsp3) is 0.615. The van der Waals surface area contributed by atoms with E-state index >= 15 is 0 Å². The van der Waals surface area contributed by atoms with Crippen LogP contribution in [-0.4, -0.2) is 60.4 Å². The van der Waals surface area contributed by atoms with Gasteiger partial charge in [-0.25, -0.2) is 0 Å². The Kier molecular flexibility index (Phi) is 5.09. The molecule has 0 aromatic carbocycles. The van der Waals surface area contributed by atoms with Gasteiger partial charge in [0.05, 0.1) is 11.6 Å². The topological polar surface area (TPSA) is 23.6 Å². The van der Waals surface area contributed by atoms with Gasteiger partial charge in [0.25, 0.3) is 5.91 Å². The van der Waals surface area contributed by atoms with E-state index in [1.165, 1.54) is 0 Å². The molecule has 18 heavy (non-hydrogen) atoms. The van der Waals surface area contributed by atoms with Crippen molar-refractivity contribution in [3.8, 4) is 0 Å². The van der Waals surface area contributed by atoms with Crippen molar-refractivity contribution in [1.29, 1.82) is 0 Å². The first-order valence-corrected chi connectivity index (χ1v) is 8.34. The Hall–Kier alpha value is -0.520. The van der Waals surface area contributed by atoms with E-state index in [2.05, 4.69) is 23.9 Å². The number of hydrogen-bond donors (Lipinski definition) is 0. The molecule has 1 atom stereocenters. The number of rotatable bonds is 3. The molecule has 1 fully saturated rings. The predicted molar refractivity (Wildman–Crippen MR) is 79.6 cm³/mol. The third-order valence-electron chi connectivity index (χ3n) is 3.04. The molecule has 0 radical (unpaired) electrons. The number of thioether (sulfide) groups is 1. The third-order valence-corrected chi connectivity index (χ3v) is 4.92. The van der Waals surface area contributed by atoms with Gasteiger partial charge in [0.2, 0.25) is 0 Å². The highest BCUT2D eigenvalue weighted by Gasteiger charge is 2.26. The van der Waals surface area contributed by atoms with Gasteiger partial charge in [-0.15, -0.1) is 0 Å². The zero-order valence-corrected chi connectivity index (χ0v) is 12.6. The van der Waals surface area contributed by atoms with Crippen molar-refractivity contribution in [3.63, 3.8) is 0 Å². The van der Waals surface area contributed by atoms with Gasteiger partial charge in [-0.1, -0.05) is 0 Å². The van der Waals surface area contributed by atoms with Gasteiger partial charge in [0.1, 0.15) is 0 Å². The van der Waals surface area contributed by atoms with Gasteiger partial charge in [0, 0.05) is 24.2 Å². The number of thiophene rings is 1. The summed E-state index contributed by atoms with van der Waals surface area (Å²) in [5, 5.41) is 3.92. The summed E-state index contributed by atoms with van der Waals surface area (Å²) in [7, 11) is 4.14. The molecule has 0 bridgehead atoms. The molecule has 1 aliphatic rings. The van der Waals surface area contributed by atoms with Crippen molar-refractivity contribution in [2.45, 2.75) is 12.5 Å². The second-order valence-electron chi connectivity index (χ2n) is 4.86. The van der Waals surface area contributed by atoms with Crippen LogP contribution in [0, 0.1) is 0 Å². The normalized spacial score (nSPS) is 21.1. The van der Waals surface area contributed by atoms with Crippen molar-refractivity contribution in [1.82, 2.24) is 9.80 Å². The number of nitrogens with zero attached hydrogens (tertiary/aromatic N) is 2. The summed E-state index contributed by atoms with van der Waals surface area (Å²) in [5.74, 6) is 2.41. The lowest BCUT2D eigenvalue weighted by Crippen LogP contribution is -2.46. The Balaban J connectivity index is 2.12. The molecule has 0 unspecified atom stereocenters. The highest BCUT2D eigenvalue weighted by atomic mass is 32.2. The number of likely N-dealkylation sites (N-methyl/N-ethyl adjacent to an activating group) is 1. The van der Waals surface area contributed by atoms with Gasteiger partial charge in [0.15, 0.2) is 0 Å². The maximum absolute atomic E-state index is 12.5. The molecule has 100 valence electrons. The highest BCUT2D eigenvalue weighted by molar-refractivity contribution is 7.99. The minimum absolute atomic E-state index is 0.200. The van der Waals surface area contributed by atoms with Gasteiger partial charge in [-0.05, 0) is 37.7 Å². The molecule has 1 aromatic heterocycles. The zero-order valence-electron chi connectivity index (χ0n) is 11.0. The fourth-order valence-corrected chi connectivity index (χ4v) is 3.91. The lowest BCUT2D eigenvalue weighted by molar-refractivity contribution is 0.0676. The number of carbonyl (C=O) groups excluding carboxylic acids is 1. The van der Waals surface area contributed by atoms with E-state index < -0.39 is 0 Å². The molecule has 1 aliphatic heterocycles. The van der Waals surface area contributed by atoms with E-state index in [-0.39, 0.29) is 5.91 Å². The summed E-state index contributed by atoms with van der Waals surface area (Å²) < 4.78 is 0. The molecular weight excluding hydrogens is 264 g/mol. The van der Waals surface area contributed by atoms with E-state index in [9.17, 15) is 4.79 Å². The van der Waals surface area contributed by atoms with Crippen LogP contribution in [0.15, 0.2) is 16.8 Å². The second-order valence-corrected chi connectivity index (χ2v) is 6.78. The van der Waals surface area contributed by atoms with Crippen LogP contribution < -0.4 is 0 Å². The van der Waals surface area contributed by atoms with Crippen molar-refractivity contribution in [2.24, 2.45) is 0 Å². The lowest BCUT2D eigenvalue weighted by Gasteiger charge is -2.31. The van der Waals surface area contributed by atoms with Crippen molar-refractivity contribution >= 4 is 29.0 Å². The molecule has 5 heteroatoms. The predicted octanol–water partition coefficient (Wildman–Crippen LogP) is 2.26. The van der Waals surface area contributed by atoms with Gasteiger partial charge >= 0.3 is 0 Å². The second kappa shape index (κ2) is 6.59. The molecule has 0 N–H and O–H groups in total. The van der Waals surface area contributed by atoms with E-state index in [1.807, 2.05) is 28.6 Å². The Labute approximate surface area is 117 Å². The zero-order chi connectivity index (χ0) is 13.0. The number of carbonyl (C=O) groups is 1.